The van der Waals surface area contributed by atoms with Crippen LogP contribution in [0.3, 0.4) is 0 Å². The standard InChI is InChI=1S/C43H41F2N7O4/c44-32-7-10-40(47-20-32)36-24-51(22-27-1-2-27)25-37(38(36)26-53)42(54)49-33-8-9-34(39(45)18-33)35-17-31(19-48-41(35)46)29-5-3-28(4-6-29)21-50-12-11-30(23-50)43(55)52-13-15-56-16-14-52/h3-10,17-20,24-25,27,30H,1-2,11-16,21-23H2,(H2,46,48)(H,49,54)/t30-/m1/s1. The maximum Gasteiger partial charge on any atom is 0.258 e. The minimum Gasteiger partial charge on any atom is -0.383 e. The van der Waals surface area contributed by atoms with E-state index in [9.17, 15) is 18.8 Å². The molecule has 1 aliphatic carbocycles. The number of amides is 2. The average molecular weight is 758 g/mol. The van der Waals surface area contributed by atoms with Crippen LogP contribution in [0.2, 0.25) is 0 Å². The zero-order chi connectivity index (χ0) is 38.8. The Hall–Kier alpha value is -6.01. The van der Waals surface area contributed by atoms with Gasteiger partial charge in [0.25, 0.3) is 5.91 Å². The molecule has 2 amide bonds. The molecule has 1 atom stereocenters. The van der Waals surface area contributed by atoms with Crippen molar-refractivity contribution < 1.29 is 27.9 Å². The van der Waals surface area contributed by atoms with E-state index in [1.165, 1.54) is 24.3 Å². The number of rotatable bonds is 10. The third kappa shape index (κ3) is 8.16. The number of hydrogen-bond donors (Lipinski definition) is 2. The monoisotopic (exact) mass is 757 g/mol. The van der Waals surface area contributed by atoms with Gasteiger partial charge in [0, 0.05) is 79.3 Å². The number of nitrogens with two attached hydrogens (primary N) is 1. The molecule has 4 aromatic rings. The van der Waals surface area contributed by atoms with Gasteiger partial charge in [-0.25, -0.2) is 18.6 Å². The Morgan fingerprint density at radius 2 is 1.70 bits per heavy atom. The fraction of sp³-hybridized carbons (Fsp3) is 0.302. The summed E-state index contributed by atoms with van der Waals surface area (Å²) in [6, 6.07) is 16.8. The maximum absolute atomic E-state index is 15.8. The lowest BCUT2D eigenvalue weighted by Gasteiger charge is -2.29. The molecule has 3 N–H and O–H groups in total. The summed E-state index contributed by atoms with van der Waals surface area (Å²) in [5, 5.41) is 2.72. The van der Waals surface area contributed by atoms with Gasteiger partial charge in [0.2, 0.25) is 5.91 Å². The zero-order valence-electron chi connectivity index (χ0n) is 30.7. The quantitative estimate of drug-likeness (QED) is 0.196. The Bertz CT molecular complexity index is 2260. The topological polar surface area (TPSA) is 134 Å². The Balaban J connectivity index is 0.946. The van der Waals surface area contributed by atoms with Crippen molar-refractivity contribution >= 4 is 34.8 Å². The van der Waals surface area contributed by atoms with Gasteiger partial charge in [0.1, 0.15) is 23.4 Å². The number of nitrogen functional groups attached to an aromatic ring is 1. The molecule has 8 rings (SSSR count). The smallest absolute Gasteiger partial charge is 0.258 e. The molecule has 0 spiro atoms. The molecule has 3 aliphatic heterocycles. The number of benzene rings is 2. The molecule has 5 heterocycles. The van der Waals surface area contributed by atoms with Gasteiger partial charge in [0.05, 0.1) is 42.2 Å². The second-order valence-corrected chi connectivity index (χ2v) is 14.7. The molecule has 2 aromatic carbocycles. The van der Waals surface area contributed by atoms with Gasteiger partial charge in [-0.15, -0.1) is 0 Å². The SMILES string of the molecule is Nc1ncc(-c2ccc(CN3CC[C@@H](C(=O)N4CCOCC4)C3)cc2)cc1-c1ccc(NC(=O)C2=CN(CC3CC3)C=C(c3ccc(F)cn3)C2=C=O)cc1F. The highest BCUT2D eigenvalue weighted by Gasteiger charge is 2.33. The van der Waals surface area contributed by atoms with Crippen LogP contribution in [-0.4, -0.2) is 88.4 Å². The summed E-state index contributed by atoms with van der Waals surface area (Å²) in [6.07, 6.45) is 8.95. The molecule has 0 bridgehead atoms. The number of nitrogens with zero attached hydrogens (tertiary/aromatic N) is 5. The van der Waals surface area contributed by atoms with E-state index >= 15 is 4.39 Å². The number of hydrogen-bond acceptors (Lipinski definition) is 9. The molecular weight excluding hydrogens is 717 g/mol. The van der Waals surface area contributed by atoms with Crippen LogP contribution in [0.5, 0.6) is 0 Å². The number of carbonyl (C=O) groups excluding carboxylic acids is 3. The zero-order valence-corrected chi connectivity index (χ0v) is 30.7. The minimum atomic E-state index is -0.637. The predicted octanol–water partition coefficient (Wildman–Crippen LogP) is 5.70. The van der Waals surface area contributed by atoms with Crippen LogP contribution in [-0.2, 0) is 25.7 Å². The molecule has 0 unspecified atom stereocenters. The van der Waals surface area contributed by atoms with Gasteiger partial charge >= 0.3 is 0 Å². The number of morpholine rings is 1. The van der Waals surface area contributed by atoms with E-state index in [1.807, 2.05) is 40.0 Å². The van der Waals surface area contributed by atoms with Crippen molar-refractivity contribution in [3.8, 4) is 22.3 Å². The van der Waals surface area contributed by atoms with Gasteiger partial charge in [-0.05, 0) is 79.3 Å². The second kappa shape index (κ2) is 16.0. The van der Waals surface area contributed by atoms with E-state index in [0.29, 0.717) is 55.6 Å². The Morgan fingerprint density at radius 3 is 2.41 bits per heavy atom. The number of allylic oxidation sites excluding steroid dienone is 1. The van der Waals surface area contributed by atoms with Crippen molar-refractivity contribution in [2.24, 2.45) is 11.8 Å². The Labute approximate surface area is 323 Å². The fourth-order valence-corrected chi connectivity index (χ4v) is 7.50. The first-order valence-electron chi connectivity index (χ1n) is 18.8. The largest absolute Gasteiger partial charge is 0.383 e. The highest BCUT2D eigenvalue weighted by Crippen LogP contribution is 2.37. The molecule has 1 saturated carbocycles. The molecule has 0 radical (unpaired) electrons. The molecular formula is C43H41F2N7O4. The molecule has 13 heteroatoms. The van der Waals surface area contributed by atoms with Crippen LogP contribution in [0.1, 0.15) is 30.5 Å². The second-order valence-electron chi connectivity index (χ2n) is 14.7. The van der Waals surface area contributed by atoms with E-state index < -0.39 is 17.5 Å². The summed E-state index contributed by atoms with van der Waals surface area (Å²) >= 11 is 0. The molecule has 11 nitrogen and oxygen atoms in total. The van der Waals surface area contributed by atoms with E-state index in [1.54, 1.807) is 30.7 Å². The van der Waals surface area contributed by atoms with Crippen molar-refractivity contribution in [2.75, 3.05) is 57.0 Å². The van der Waals surface area contributed by atoms with Crippen LogP contribution in [0, 0.1) is 23.5 Å². The normalized spacial score (nSPS) is 18.7. The van der Waals surface area contributed by atoms with Gasteiger partial charge in [-0.1, -0.05) is 24.3 Å². The highest BCUT2D eigenvalue weighted by molar-refractivity contribution is 6.14. The summed E-state index contributed by atoms with van der Waals surface area (Å²) < 4.78 is 34.9. The summed E-state index contributed by atoms with van der Waals surface area (Å²) in [5.74, 6) is 0.906. The van der Waals surface area contributed by atoms with Crippen LogP contribution in [0.15, 0.2) is 96.6 Å². The number of ether oxygens (including phenoxy) is 1. The third-order valence-corrected chi connectivity index (χ3v) is 10.7. The van der Waals surface area contributed by atoms with E-state index in [4.69, 9.17) is 10.5 Å². The predicted molar refractivity (Wildman–Crippen MR) is 208 cm³/mol. The number of anilines is 2. The lowest BCUT2D eigenvalue weighted by molar-refractivity contribution is -0.139. The number of nitrogens with one attached hydrogen (secondary N) is 1. The number of aromatic nitrogens is 2. The molecule has 3 fully saturated rings. The third-order valence-electron chi connectivity index (χ3n) is 10.7. The summed E-state index contributed by atoms with van der Waals surface area (Å²) in [6.45, 7) is 5.49. The summed E-state index contributed by atoms with van der Waals surface area (Å²) in [5.41, 5.74) is 10.4. The lowest BCUT2D eigenvalue weighted by atomic mass is 9.94. The van der Waals surface area contributed by atoms with Crippen molar-refractivity contribution in [3.05, 3.63) is 119 Å². The molecule has 4 aliphatic rings. The number of halogens is 2. The van der Waals surface area contributed by atoms with Gasteiger partial charge < -0.3 is 25.6 Å². The summed E-state index contributed by atoms with van der Waals surface area (Å²) in [7, 11) is 0. The van der Waals surface area contributed by atoms with Gasteiger partial charge in [0.15, 0.2) is 0 Å². The Morgan fingerprint density at radius 1 is 0.893 bits per heavy atom. The molecule has 2 saturated heterocycles. The number of likely N-dealkylation sites (tertiary alicyclic amines) is 1. The van der Waals surface area contributed by atoms with Crippen molar-refractivity contribution in [1.82, 2.24) is 24.7 Å². The molecule has 56 heavy (non-hydrogen) atoms. The van der Waals surface area contributed by atoms with Gasteiger partial charge in [-0.2, -0.15) is 0 Å². The van der Waals surface area contributed by atoms with E-state index in [-0.39, 0.29) is 40.0 Å². The van der Waals surface area contributed by atoms with E-state index in [2.05, 4.69) is 20.2 Å². The van der Waals surface area contributed by atoms with Crippen molar-refractivity contribution in [2.45, 2.75) is 25.8 Å². The first-order valence-corrected chi connectivity index (χ1v) is 18.8. The first-order chi connectivity index (χ1) is 27.2. The van der Waals surface area contributed by atoms with Gasteiger partial charge in [-0.3, -0.25) is 19.5 Å². The average Bonchev–Trinajstić information content (AvgIpc) is 3.91. The van der Waals surface area contributed by atoms with E-state index in [0.717, 1.165) is 61.8 Å². The lowest BCUT2D eigenvalue weighted by Crippen LogP contribution is -2.44. The highest BCUT2D eigenvalue weighted by atomic mass is 19.1. The number of pyridine rings is 2. The molecule has 2 aromatic heterocycles. The van der Waals surface area contributed by atoms with Crippen LogP contribution >= 0.6 is 0 Å². The maximum atomic E-state index is 15.8. The summed E-state index contributed by atoms with van der Waals surface area (Å²) in [4.78, 5) is 53.5. The van der Waals surface area contributed by atoms with Crippen LogP contribution in [0.25, 0.3) is 27.8 Å². The van der Waals surface area contributed by atoms with Crippen molar-refractivity contribution in [1.29, 1.82) is 0 Å². The van der Waals surface area contributed by atoms with Crippen LogP contribution in [0.4, 0.5) is 20.3 Å². The minimum absolute atomic E-state index is 0.0131. The fourth-order valence-electron chi connectivity index (χ4n) is 7.50. The first kappa shape index (κ1) is 36.9. The number of carbonyl (C=O) groups is 2. The molecule has 286 valence electrons. The van der Waals surface area contributed by atoms with Crippen LogP contribution < -0.4 is 11.1 Å². The Kier molecular flexibility index (Phi) is 10.6. The van der Waals surface area contributed by atoms with Crippen molar-refractivity contribution in [3.63, 3.8) is 0 Å².